The van der Waals surface area contributed by atoms with E-state index in [0.717, 1.165) is 19.4 Å². The number of anilines is 1. The molecule has 0 aromatic carbocycles. The number of nitrogens with one attached hydrogen (secondary N) is 1. The van der Waals surface area contributed by atoms with Gasteiger partial charge in [-0.3, -0.25) is 0 Å². The van der Waals surface area contributed by atoms with Crippen LogP contribution in [0, 0.1) is 11.8 Å². The smallest absolute Gasteiger partial charge is 0.225 e. The lowest BCUT2D eigenvalue weighted by atomic mass is 9.85. The number of ether oxygens (including phenoxy) is 1. The minimum atomic E-state index is 0.591. The summed E-state index contributed by atoms with van der Waals surface area (Å²) in [7, 11) is 1.80. The van der Waals surface area contributed by atoms with Gasteiger partial charge in [0.1, 0.15) is 0 Å². The molecular formula is C13H19N3O. The highest BCUT2D eigenvalue weighted by Gasteiger charge is 2.19. The maximum atomic E-state index is 5.73. The summed E-state index contributed by atoms with van der Waals surface area (Å²) in [5.74, 6) is 2.52. The van der Waals surface area contributed by atoms with Crippen LogP contribution in [0.2, 0.25) is 0 Å². The average Bonchev–Trinajstić information content (AvgIpc) is 2.38. The number of allylic oxidation sites excluding steroid dienone is 2. The Balaban J connectivity index is 1.90. The molecule has 1 heterocycles. The summed E-state index contributed by atoms with van der Waals surface area (Å²) >= 11 is 0. The van der Waals surface area contributed by atoms with Gasteiger partial charge >= 0.3 is 0 Å². The van der Waals surface area contributed by atoms with Crippen LogP contribution in [0.3, 0.4) is 0 Å². The van der Waals surface area contributed by atoms with E-state index in [-0.39, 0.29) is 0 Å². The Hall–Kier alpha value is -1.58. The second kappa shape index (κ2) is 5.66. The van der Waals surface area contributed by atoms with Crippen LogP contribution in [-0.2, 0) is 0 Å². The van der Waals surface area contributed by atoms with Crippen molar-refractivity contribution in [2.45, 2.75) is 19.8 Å². The predicted molar refractivity (Wildman–Crippen MR) is 68.1 cm³/mol. The van der Waals surface area contributed by atoms with E-state index in [1.807, 2.05) is 0 Å². The summed E-state index contributed by atoms with van der Waals surface area (Å²) in [5.41, 5.74) is 0. The molecule has 0 bridgehead atoms. The minimum Gasteiger partial charge on any atom is -0.477 e. The normalized spacial score (nSPS) is 23.4. The molecule has 0 aliphatic heterocycles. The van der Waals surface area contributed by atoms with Gasteiger partial charge < -0.3 is 10.1 Å². The highest BCUT2D eigenvalue weighted by molar-refractivity contribution is 5.26. The summed E-state index contributed by atoms with van der Waals surface area (Å²) in [6.45, 7) is 3.00. The Bertz CT molecular complexity index is 392. The van der Waals surface area contributed by atoms with Crippen molar-refractivity contribution in [2.75, 3.05) is 19.0 Å². The van der Waals surface area contributed by atoms with E-state index in [2.05, 4.69) is 34.4 Å². The summed E-state index contributed by atoms with van der Waals surface area (Å²) in [6, 6.07) is 1.80. The molecule has 0 saturated carbocycles. The second-order valence-electron chi connectivity index (χ2n) is 4.46. The maximum absolute atomic E-state index is 5.73. The van der Waals surface area contributed by atoms with E-state index in [4.69, 9.17) is 4.74 Å². The third-order valence-corrected chi connectivity index (χ3v) is 3.22. The van der Waals surface area contributed by atoms with Crippen LogP contribution in [0.25, 0.3) is 0 Å². The van der Waals surface area contributed by atoms with E-state index in [1.54, 1.807) is 19.3 Å². The van der Waals surface area contributed by atoms with Gasteiger partial charge in [-0.25, -0.2) is 4.98 Å². The van der Waals surface area contributed by atoms with Gasteiger partial charge in [-0.1, -0.05) is 19.1 Å². The van der Waals surface area contributed by atoms with E-state index in [0.29, 0.717) is 23.7 Å². The van der Waals surface area contributed by atoms with Crippen molar-refractivity contribution in [1.82, 2.24) is 9.97 Å². The Morgan fingerprint density at radius 1 is 1.41 bits per heavy atom. The number of nitrogens with zero attached hydrogens (tertiary/aromatic N) is 2. The first-order valence-corrected chi connectivity index (χ1v) is 6.08. The van der Waals surface area contributed by atoms with Crippen LogP contribution < -0.4 is 10.1 Å². The largest absolute Gasteiger partial charge is 0.477 e. The topological polar surface area (TPSA) is 47.0 Å². The Labute approximate surface area is 102 Å². The Morgan fingerprint density at radius 3 is 3.00 bits per heavy atom. The molecule has 92 valence electrons. The van der Waals surface area contributed by atoms with Gasteiger partial charge in [0.15, 0.2) is 0 Å². The standard InChI is InChI=1S/C13H19N3O/c1-10-5-3-4-6-11(10)9-17-12-7-8-15-13(14-2)16-12/h3-4,7-8,10-11H,5-6,9H2,1-2H3,(H,14,15,16). The van der Waals surface area contributed by atoms with Gasteiger partial charge in [-0.15, -0.1) is 0 Å². The highest BCUT2D eigenvalue weighted by Crippen LogP contribution is 2.25. The lowest BCUT2D eigenvalue weighted by Crippen LogP contribution is -2.21. The molecule has 1 aromatic heterocycles. The Morgan fingerprint density at radius 2 is 2.24 bits per heavy atom. The Kier molecular flexibility index (Phi) is 3.96. The van der Waals surface area contributed by atoms with Crippen LogP contribution >= 0.6 is 0 Å². The van der Waals surface area contributed by atoms with Crippen molar-refractivity contribution in [2.24, 2.45) is 11.8 Å². The van der Waals surface area contributed by atoms with E-state index < -0.39 is 0 Å². The summed E-state index contributed by atoms with van der Waals surface area (Å²) in [4.78, 5) is 8.29. The van der Waals surface area contributed by atoms with Crippen LogP contribution in [0.4, 0.5) is 5.95 Å². The fourth-order valence-corrected chi connectivity index (χ4v) is 1.97. The minimum absolute atomic E-state index is 0.591. The number of aromatic nitrogens is 2. The van der Waals surface area contributed by atoms with Crippen molar-refractivity contribution < 1.29 is 4.74 Å². The molecule has 1 aliphatic carbocycles. The van der Waals surface area contributed by atoms with E-state index in [1.165, 1.54) is 0 Å². The van der Waals surface area contributed by atoms with E-state index >= 15 is 0 Å². The monoisotopic (exact) mass is 233 g/mol. The second-order valence-corrected chi connectivity index (χ2v) is 4.46. The molecule has 1 aromatic rings. The third-order valence-electron chi connectivity index (χ3n) is 3.22. The zero-order valence-electron chi connectivity index (χ0n) is 10.4. The van der Waals surface area contributed by atoms with Gasteiger partial charge in [0.2, 0.25) is 11.8 Å². The van der Waals surface area contributed by atoms with Crippen LogP contribution in [0.5, 0.6) is 5.88 Å². The van der Waals surface area contributed by atoms with Crippen molar-refractivity contribution in [3.05, 3.63) is 24.4 Å². The van der Waals surface area contributed by atoms with Crippen molar-refractivity contribution in [1.29, 1.82) is 0 Å². The first kappa shape index (κ1) is 11.9. The highest BCUT2D eigenvalue weighted by atomic mass is 16.5. The molecule has 4 heteroatoms. The molecule has 0 fully saturated rings. The summed E-state index contributed by atoms with van der Waals surface area (Å²) < 4.78 is 5.73. The van der Waals surface area contributed by atoms with Crippen molar-refractivity contribution in [3.8, 4) is 5.88 Å². The lowest BCUT2D eigenvalue weighted by molar-refractivity contribution is 0.193. The van der Waals surface area contributed by atoms with Gasteiger partial charge in [-0.05, 0) is 24.7 Å². The molecule has 17 heavy (non-hydrogen) atoms. The van der Waals surface area contributed by atoms with Gasteiger partial charge in [0.05, 0.1) is 6.61 Å². The summed E-state index contributed by atoms with van der Waals surface area (Å²) in [5, 5.41) is 2.90. The molecule has 4 nitrogen and oxygen atoms in total. The third kappa shape index (κ3) is 3.19. The first-order valence-electron chi connectivity index (χ1n) is 6.08. The van der Waals surface area contributed by atoms with Crippen molar-refractivity contribution in [3.63, 3.8) is 0 Å². The number of hydrogen-bond donors (Lipinski definition) is 1. The molecule has 2 rings (SSSR count). The number of rotatable bonds is 4. The van der Waals surface area contributed by atoms with Crippen LogP contribution in [0.1, 0.15) is 19.8 Å². The SMILES string of the molecule is CNc1nccc(OCC2CC=CCC2C)n1. The molecule has 2 unspecified atom stereocenters. The number of hydrogen-bond acceptors (Lipinski definition) is 4. The molecule has 0 radical (unpaired) electrons. The molecule has 0 amide bonds. The van der Waals surface area contributed by atoms with Crippen LogP contribution in [0.15, 0.2) is 24.4 Å². The quantitative estimate of drug-likeness (QED) is 0.812. The molecule has 1 aliphatic rings. The maximum Gasteiger partial charge on any atom is 0.225 e. The fraction of sp³-hybridized carbons (Fsp3) is 0.538. The van der Waals surface area contributed by atoms with Gasteiger partial charge in [0, 0.05) is 19.3 Å². The predicted octanol–water partition coefficient (Wildman–Crippen LogP) is 2.50. The van der Waals surface area contributed by atoms with E-state index in [9.17, 15) is 0 Å². The average molecular weight is 233 g/mol. The van der Waals surface area contributed by atoms with Gasteiger partial charge in [-0.2, -0.15) is 4.98 Å². The molecule has 0 spiro atoms. The molecule has 0 saturated heterocycles. The molecular weight excluding hydrogens is 214 g/mol. The van der Waals surface area contributed by atoms with Crippen LogP contribution in [-0.4, -0.2) is 23.6 Å². The fourth-order valence-electron chi connectivity index (χ4n) is 1.97. The molecule has 1 N–H and O–H groups in total. The first-order chi connectivity index (χ1) is 8.29. The van der Waals surface area contributed by atoms with Crippen molar-refractivity contribution >= 4 is 5.95 Å². The summed E-state index contributed by atoms with van der Waals surface area (Å²) in [6.07, 6.45) is 8.46. The van der Waals surface area contributed by atoms with Gasteiger partial charge in [0.25, 0.3) is 0 Å². The molecule has 2 atom stereocenters. The zero-order chi connectivity index (χ0) is 12.1. The lowest BCUT2D eigenvalue weighted by Gasteiger charge is -2.24. The zero-order valence-corrected chi connectivity index (χ0v) is 10.4.